The highest BCUT2D eigenvalue weighted by atomic mass is 16.5. The summed E-state index contributed by atoms with van der Waals surface area (Å²) in [5.41, 5.74) is 1.67. The normalized spacial score (nSPS) is 10.8. The average Bonchev–Trinajstić information content (AvgIpc) is 3.25. The number of aromatic nitrogens is 4. The lowest BCUT2D eigenvalue weighted by molar-refractivity contribution is -0.120. The molecule has 1 amide bonds. The maximum absolute atomic E-state index is 11.8. The van der Waals surface area contributed by atoms with Crippen LogP contribution in [0.1, 0.15) is 25.6 Å². The molecule has 8 nitrogen and oxygen atoms in total. The lowest BCUT2D eigenvalue weighted by Gasteiger charge is -2.00. The molecule has 0 radical (unpaired) electrons. The van der Waals surface area contributed by atoms with Gasteiger partial charge in [-0.2, -0.15) is 10.1 Å². The van der Waals surface area contributed by atoms with Crippen LogP contribution in [0.2, 0.25) is 0 Å². The van der Waals surface area contributed by atoms with Gasteiger partial charge in [-0.25, -0.2) is 0 Å². The van der Waals surface area contributed by atoms with Gasteiger partial charge in [0.1, 0.15) is 11.4 Å². The van der Waals surface area contributed by atoms with Crippen LogP contribution >= 0.6 is 0 Å². The molecule has 3 rings (SSSR count). The molecule has 0 saturated heterocycles. The smallest absolute Gasteiger partial charge is 0.275 e. The first-order valence-corrected chi connectivity index (χ1v) is 8.10. The molecular weight excluding hydrogens is 322 g/mol. The summed E-state index contributed by atoms with van der Waals surface area (Å²) >= 11 is 0. The predicted molar refractivity (Wildman–Crippen MR) is 90.6 cm³/mol. The number of amides is 1. The number of phenolic OH excluding ortho intramolecular Hbond substituents is 1. The first kappa shape index (κ1) is 16.7. The highest BCUT2D eigenvalue weighted by Gasteiger charge is 2.15. The molecule has 0 aliphatic carbocycles. The van der Waals surface area contributed by atoms with Crippen LogP contribution in [0.4, 0.5) is 0 Å². The summed E-state index contributed by atoms with van der Waals surface area (Å²) in [5, 5.41) is 23.5. The second kappa shape index (κ2) is 7.61. The van der Waals surface area contributed by atoms with Crippen LogP contribution < -0.4 is 5.32 Å². The molecule has 0 spiro atoms. The van der Waals surface area contributed by atoms with Gasteiger partial charge in [0.05, 0.1) is 12.1 Å². The van der Waals surface area contributed by atoms with E-state index < -0.39 is 0 Å². The fourth-order valence-electron chi connectivity index (χ4n) is 2.31. The summed E-state index contributed by atoms with van der Waals surface area (Å²) < 4.78 is 5.18. The van der Waals surface area contributed by atoms with E-state index in [9.17, 15) is 9.90 Å². The number of phenols is 1. The van der Waals surface area contributed by atoms with Crippen LogP contribution in [-0.4, -0.2) is 37.9 Å². The molecule has 0 atom stereocenters. The molecule has 0 aliphatic heterocycles. The van der Waals surface area contributed by atoms with E-state index in [4.69, 9.17) is 4.52 Å². The molecule has 3 N–H and O–H groups in total. The highest BCUT2D eigenvalue weighted by molar-refractivity contribution is 5.77. The van der Waals surface area contributed by atoms with Gasteiger partial charge >= 0.3 is 0 Å². The SMILES string of the molecule is CCCCNC(=O)Cc1noc(-c2cc(-c3ccccc3O)n[nH]2)n1. The van der Waals surface area contributed by atoms with Crippen LogP contribution in [0.5, 0.6) is 5.75 Å². The number of aromatic hydroxyl groups is 1. The standard InChI is InChI=1S/C17H19N5O3/c1-2-3-8-18-16(24)10-15-19-17(25-22-15)13-9-12(20-21-13)11-6-4-5-7-14(11)23/h4-7,9,23H,2-3,8,10H2,1H3,(H,18,24)(H,20,21). The van der Waals surface area contributed by atoms with Crippen molar-refractivity contribution in [2.24, 2.45) is 0 Å². The Bertz CT molecular complexity index is 855. The quantitative estimate of drug-likeness (QED) is 0.568. The number of carbonyl (C=O) groups excluding carboxylic acids is 1. The summed E-state index contributed by atoms with van der Waals surface area (Å²) in [5.74, 6) is 0.545. The summed E-state index contributed by atoms with van der Waals surface area (Å²) in [6.07, 6.45) is 2.02. The molecule has 0 saturated carbocycles. The third-order valence-corrected chi connectivity index (χ3v) is 3.63. The lowest BCUT2D eigenvalue weighted by Crippen LogP contribution is -2.26. The van der Waals surface area contributed by atoms with Crippen molar-refractivity contribution in [1.29, 1.82) is 0 Å². The van der Waals surface area contributed by atoms with Crippen LogP contribution in [0.15, 0.2) is 34.9 Å². The Labute approximate surface area is 144 Å². The van der Waals surface area contributed by atoms with Gasteiger partial charge < -0.3 is 14.9 Å². The van der Waals surface area contributed by atoms with Crippen molar-refractivity contribution in [3.63, 3.8) is 0 Å². The zero-order valence-electron chi connectivity index (χ0n) is 13.8. The topological polar surface area (TPSA) is 117 Å². The highest BCUT2D eigenvalue weighted by Crippen LogP contribution is 2.29. The van der Waals surface area contributed by atoms with Crippen molar-refractivity contribution >= 4 is 5.91 Å². The Hall–Kier alpha value is -3.16. The maximum Gasteiger partial charge on any atom is 0.275 e. The zero-order valence-corrected chi connectivity index (χ0v) is 13.8. The van der Waals surface area contributed by atoms with E-state index in [1.165, 1.54) is 0 Å². The molecule has 25 heavy (non-hydrogen) atoms. The molecular formula is C17H19N5O3. The van der Waals surface area contributed by atoms with Crippen molar-refractivity contribution in [3.8, 4) is 28.6 Å². The number of aromatic amines is 1. The minimum absolute atomic E-state index is 0.0632. The van der Waals surface area contributed by atoms with Gasteiger partial charge in [0.25, 0.3) is 5.89 Å². The van der Waals surface area contributed by atoms with E-state index in [1.807, 2.05) is 6.07 Å². The predicted octanol–water partition coefficient (Wildman–Crippen LogP) is 2.29. The Kier molecular flexibility index (Phi) is 5.08. The van der Waals surface area contributed by atoms with Crippen LogP contribution in [0.3, 0.4) is 0 Å². The fourth-order valence-corrected chi connectivity index (χ4v) is 2.31. The first-order valence-electron chi connectivity index (χ1n) is 8.10. The number of hydrogen-bond acceptors (Lipinski definition) is 6. The van der Waals surface area contributed by atoms with Crippen molar-refractivity contribution in [3.05, 3.63) is 36.2 Å². The second-order valence-electron chi connectivity index (χ2n) is 5.58. The monoisotopic (exact) mass is 341 g/mol. The minimum atomic E-state index is -0.139. The molecule has 130 valence electrons. The van der Waals surface area contributed by atoms with Gasteiger partial charge in [-0.05, 0) is 24.6 Å². The van der Waals surface area contributed by atoms with E-state index in [2.05, 4.69) is 32.6 Å². The van der Waals surface area contributed by atoms with E-state index in [0.29, 0.717) is 29.3 Å². The van der Waals surface area contributed by atoms with Gasteiger partial charge in [0.15, 0.2) is 5.82 Å². The molecule has 0 bridgehead atoms. The summed E-state index contributed by atoms with van der Waals surface area (Å²) in [6.45, 7) is 2.70. The van der Waals surface area contributed by atoms with Crippen LogP contribution in [-0.2, 0) is 11.2 Å². The van der Waals surface area contributed by atoms with Gasteiger partial charge in [0, 0.05) is 12.1 Å². The van der Waals surface area contributed by atoms with Crippen LogP contribution in [0, 0.1) is 0 Å². The van der Waals surface area contributed by atoms with Gasteiger partial charge in [0.2, 0.25) is 5.91 Å². The van der Waals surface area contributed by atoms with E-state index in [1.54, 1.807) is 24.3 Å². The minimum Gasteiger partial charge on any atom is -0.507 e. The molecule has 8 heteroatoms. The van der Waals surface area contributed by atoms with E-state index in [0.717, 1.165) is 12.8 Å². The number of unbranched alkanes of at least 4 members (excludes halogenated alkanes) is 1. The summed E-state index contributed by atoms with van der Waals surface area (Å²) in [7, 11) is 0. The molecule has 2 aromatic heterocycles. The van der Waals surface area contributed by atoms with Crippen molar-refractivity contribution in [2.75, 3.05) is 6.54 Å². The molecule has 3 aromatic rings. The lowest BCUT2D eigenvalue weighted by atomic mass is 10.1. The third-order valence-electron chi connectivity index (χ3n) is 3.63. The number of hydrogen-bond donors (Lipinski definition) is 3. The zero-order chi connectivity index (χ0) is 17.6. The van der Waals surface area contributed by atoms with Crippen molar-refractivity contribution in [1.82, 2.24) is 25.7 Å². The second-order valence-corrected chi connectivity index (χ2v) is 5.58. The number of rotatable bonds is 7. The summed E-state index contributed by atoms with van der Waals surface area (Å²) in [6, 6.07) is 8.60. The van der Waals surface area contributed by atoms with E-state index in [-0.39, 0.29) is 24.0 Å². The van der Waals surface area contributed by atoms with Gasteiger partial charge in [-0.15, -0.1) is 0 Å². The number of nitrogens with zero attached hydrogens (tertiary/aromatic N) is 3. The van der Waals surface area contributed by atoms with Crippen LogP contribution in [0.25, 0.3) is 22.8 Å². The Balaban J connectivity index is 1.69. The van der Waals surface area contributed by atoms with Gasteiger partial charge in [-0.3, -0.25) is 9.89 Å². The number of nitrogens with one attached hydrogen (secondary N) is 2. The van der Waals surface area contributed by atoms with Crippen molar-refractivity contribution in [2.45, 2.75) is 26.2 Å². The fraction of sp³-hybridized carbons (Fsp3) is 0.294. The van der Waals surface area contributed by atoms with E-state index >= 15 is 0 Å². The number of H-pyrrole nitrogens is 1. The Morgan fingerprint density at radius 2 is 2.20 bits per heavy atom. The molecule has 1 aromatic carbocycles. The molecule has 2 heterocycles. The molecule has 0 fully saturated rings. The number of benzene rings is 1. The Morgan fingerprint density at radius 3 is 3.00 bits per heavy atom. The molecule has 0 aliphatic rings. The molecule has 0 unspecified atom stereocenters. The van der Waals surface area contributed by atoms with Crippen molar-refractivity contribution < 1.29 is 14.4 Å². The third kappa shape index (κ3) is 4.03. The number of carbonyl (C=O) groups is 1. The average molecular weight is 341 g/mol. The maximum atomic E-state index is 11.8. The van der Waals surface area contributed by atoms with Gasteiger partial charge in [-0.1, -0.05) is 30.6 Å². The number of para-hydroxylation sites is 1. The first-order chi connectivity index (χ1) is 12.2. The largest absolute Gasteiger partial charge is 0.507 e. The Morgan fingerprint density at radius 1 is 1.36 bits per heavy atom. The summed E-state index contributed by atoms with van der Waals surface area (Å²) in [4.78, 5) is 16.0.